The zero-order chi connectivity index (χ0) is 13.1. The van der Waals surface area contributed by atoms with Crippen LogP contribution in [-0.2, 0) is 4.79 Å². The van der Waals surface area contributed by atoms with E-state index in [0.29, 0.717) is 12.0 Å². The zero-order valence-electron chi connectivity index (χ0n) is 11.8. The van der Waals surface area contributed by atoms with E-state index in [1.54, 1.807) is 0 Å². The Labute approximate surface area is 106 Å². The molecule has 0 spiro atoms. The fourth-order valence-electron chi connectivity index (χ4n) is 2.19. The van der Waals surface area contributed by atoms with Crippen LogP contribution in [0.5, 0.6) is 0 Å². The summed E-state index contributed by atoms with van der Waals surface area (Å²) in [5.74, 6) is 0.793. The summed E-state index contributed by atoms with van der Waals surface area (Å²) in [6.45, 7) is 9.22. The second-order valence-corrected chi connectivity index (χ2v) is 6.08. The lowest BCUT2D eigenvalue weighted by Gasteiger charge is -2.32. The highest BCUT2D eigenvalue weighted by Gasteiger charge is 2.39. The van der Waals surface area contributed by atoms with E-state index < -0.39 is 5.54 Å². The normalized spacial score (nSPS) is 19.2. The van der Waals surface area contributed by atoms with Crippen LogP contribution < -0.4 is 5.73 Å². The smallest absolute Gasteiger partial charge is 0.242 e. The molecule has 1 rings (SSSR count). The molecule has 1 unspecified atom stereocenters. The van der Waals surface area contributed by atoms with Crippen LogP contribution in [0.1, 0.15) is 59.8 Å². The zero-order valence-corrected chi connectivity index (χ0v) is 11.8. The van der Waals surface area contributed by atoms with Gasteiger partial charge in [0.25, 0.3) is 0 Å². The van der Waals surface area contributed by atoms with E-state index in [1.165, 1.54) is 0 Å². The minimum Gasteiger partial charge on any atom is -0.338 e. The van der Waals surface area contributed by atoms with Gasteiger partial charge in [-0.1, -0.05) is 27.2 Å². The summed E-state index contributed by atoms with van der Waals surface area (Å²) in [5, 5.41) is 0. The van der Waals surface area contributed by atoms with Crippen LogP contribution in [0.25, 0.3) is 0 Å². The lowest BCUT2D eigenvalue weighted by atomic mass is 9.95. The number of carbonyl (C=O) groups is 1. The van der Waals surface area contributed by atoms with Crippen LogP contribution in [0.3, 0.4) is 0 Å². The van der Waals surface area contributed by atoms with Crippen molar-refractivity contribution in [2.24, 2.45) is 11.7 Å². The third kappa shape index (κ3) is 4.30. The van der Waals surface area contributed by atoms with E-state index in [2.05, 4.69) is 20.8 Å². The Balaban J connectivity index is 2.60. The van der Waals surface area contributed by atoms with E-state index in [0.717, 1.165) is 38.6 Å². The van der Waals surface area contributed by atoms with Gasteiger partial charge in [0, 0.05) is 12.6 Å². The fraction of sp³-hybridized carbons (Fsp3) is 0.929. The Hall–Kier alpha value is -0.570. The first-order valence-corrected chi connectivity index (χ1v) is 6.98. The lowest BCUT2D eigenvalue weighted by molar-refractivity contribution is -0.137. The maximum absolute atomic E-state index is 12.4. The second-order valence-electron chi connectivity index (χ2n) is 6.08. The van der Waals surface area contributed by atoms with Gasteiger partial charge in [0.1, 0.15) is 0 Å². The molecule has 0 bridgehead atoms. The first-order chi connectivity index (χ1) is 7.88. The summed E-state index contributed by atoms with van der Waals surface area (Å²) >= 11 is 0. The molecule has 1 saturated carbocycles. The van der Waals surface area contributed by atoms with Crippen molar-refractivity contribution >= 4 is 5.91 Å². The average Bonchev–Trinajstić information content (AvgIpc) is 3.01. The van der Waals surface area contributed by atoms with Crippen molar-refractivity contribution in [2.45, 2.75) is 71.4 Å². The molecule has 0 radical (unpaired) electrons. The summed E-state index contributed by atoms with van der Waals surface area (Å²) in [6.07, 6.45) is 5.13. The van der Waals surface area contributed by atoms with Crippen molar-refractivity contribution in [2.75, 3.05) is 6.54 Å². The number of nitrogens with zero attached hydrogens (tertiary/aromatic N) is 1. The first-order valence-electron chi connectivity index (χ1n) is 6.98. The van der Waals surface area contributed by atoms with E-state index in [9.17, 15) is 4.79 Å². The van der Waals surface area contributed by atoms with E-state index in [4.69, 9.17) is 5.73 Å². The molecule has 100 valence electrons. The maximum Gasteiger partial charge on any atom is 0.242 e. The molecule has 1 aliphatic rings. The van der Waals surface area contributed by atoms with Gasteiger partial charge in [0.15, 0.2) is 0 Å². The molecule has 1 amide bonds. The van der Waals surface area contributed by atoms with Gasteiger partial charge in [-0.2, -0.15) is 0 Å². The van der Waals surface area contributed by atoms with Gasteiger partial charge >= 0.3 is 0 Å². The van der Waals surface area contributed by atoms with Gasteiger partial charge in [-0.05, 0) is 38.5 Å². The molecule has 1 aliphatic carbocycles. The third-order valence-corrected chi connectivity index (χ3v) is 3.45. The van der Waals surface area contributed by atoms with Gasteiger partial charge in [0.05, 0.1) is 5.54 Å². The first kappa shape index (κ1) is 14.5. The van der Waals surface area contributed by atoms with Gasteiger partial charge in [-0.3, -0.25) is 4.79 Å². The fourth-order valence-corrected chi connectivity index (χ4v) is 2.19. The van der Waals surface area contributed by atoms with Crippen molar-refractivity contribution in [3.63, 3.8) is 0 Å². The van der Waals surface area contributed by atoms with Crippen molar-refractivity contribution in [3.05, 3.63) is 0 Å². The van der Waals surface area contributed by atoms with Crippen LogP contribution in [0.15, 0.2) is 0 Å². The molecule has 3 nitrogen and oxygen atoms in total. The lowest BCUT2D eigenvalue weighted by Crippen LogP contribution is -2.54. The summed E-state index contributed by atoms with van der Waals surface area (Å²) in [7, 11) is 0. The summed E-state index contributed by atoms with van der Waals surface area (Å²) in [5.41, 5.74) is 5.48. The molecular weight excluding hydrogens is 212 g/mol. The molecule has 1 atom stereocenters. The van der Waals surface area contributed by atoms with Crippen molar-refractivity contribution in [1.29, 1.82) is 0 Å². The maximum atomic E-state index is 12.4. The Bertz CT molecular complexity index is 257. The molecule has 0 aromatic heterocycles. The molecule has 1 fully saturated rings. The molecule has 2 N–H and O–H groups in total. The highest BCUT2D eigenvalue weighted by Crippen LogP contribution is 2.30. The molecule has 0 aromatic carbocycles. The topological polar surface area (TPSA) is 46.3 Å². The highest BCUT2D eigenvalue weighted by molar-refractivity contribution is 5.86. The minimum atomic E-state index is -0.672. The second kappa shape index (κ2) is 5.85. The van der Waals surface area contributed by atoms with Gasteiger partial charge in [-0.25, -0.2) is 0 Å². The average molecular weight is 240 g/mol. The van der Waals surface area contributed by atoms with Crippen LogP contribution in [-0.4, -0.2) is 28.9 Å². The van der Waals surface area contributed by atoms with Crippen molar-refractivity contribution in [1.82, 2.24) is 4.90 Å². The van der Waals surface area contributed by atoms with Gasteiger partial charge < -0.3 is 10.6 Å². The number of nitrogens with two attached hydrogens (primary N) is 1. The summed E-state index contributed by atoms with van der Waals surface area (Å²) < 4.78 is 0. The number of carbonyl (C=O) groups excluding carboxylic acids is 1. The van der Waals surface area contributed by atoms with Crippen LogP contribution >= 0.6 is 0 Å². The van der Waals surface area contributed by atoms with E-state index >= 15 is 0 Å². The SMILES string of the molecule is CCCC(C)(N)C(=O)N(CCC(C)C)C1CC1. The molecule has 0 aliphatic heterocycles. The number of amides is 1. The molecule has 17 heavy (non-hydrogen) atoms. The Kier molecular flexibility index (Phi) is 4.99. The van der Waals surface area contributed by atoms with Crippen LogP contribution in [0.2, 0.25) is 0 Å². The molecule has 0 saturated heterocycles. The summed E-state index contributed by atoms with van der Waals surface area (Å²) in [4.78, 5) is 14.5. The molecule has 3 heteroatoms. The Morgan fingerprint density at radius 3 is 2.47 bits per heavy atom. The monoisotopic (exact) mass is 240 g/mol. The molecular formula is C14H28N2O. The summed E-state index contributed by atoms with van der Waals surface area (Å²) in [6, 6.07) is 0.473. The molecule has 0 heterocycles. The predicted molar refractivity (Wildman–Crippen MR) is 71.7 cm³/mol. The Morgan fingerprint density at radius 2 is 2.06 bits per heavy atom. The number of rotatable bonds is 7. The standard InChI is InChI=1S/C14H28N2O/c1-5-9-14(4,15)13(17)16(12-6-7-12)10-8-11(2)3/h11-12H,5-10,15H2,1-4H3. The number of hydrogen-bond acceptors (Lipinski definition) is 2. The largest absolute Gasteiger partial charge is 0.338 e. The van der Waals surface area contributed by atoms with Crippen LogP contribution in [0, 0.1) is 5.92 Å². The van der Waals surface area contributed by atoms with Gasteiger partial charge in [-0.15, -0.1) is 0 Å². The van der Waals surface area contributed by atoms with Crippen molar-refractivity contribution in [3.8, 4) is 0 Å². The van der Waals surface area contributed by atoms with Gasteiger partial charge in [0.2, 0.25) is 5.91 Å². The van der Waals surface area contributed by atoms with E-state index in [-0.39, 0.29) is 5.91 Å². The minimum absolute atomic E-state index is 0.155. The Morgan fingerprint density at radius 1 is 1.47 bits per heavy atom. The van der Waals surface area contributed by atoms with Crippen molar-refractivity contribution < 1.29 is 4.79 Å². The highest BCUT2D eigenvalue weighted by atomic mass is 16.2. The van der Waals surface area contributed by atoms with E-state index in [1.807, 2.05) is 11.8 Å². The number of hydrogen-bond donors (Lipinski definition) is 1. The van der Waals surface area contributed by atoms with Crippen LogP contribution in [0.4, 0.5) is 0 Å². The third-order valence-electron chi connectivity index (χ3n) is 3.45. The predicted octanol–water partition coefficient (Wildman–Crippen LogP) is 2.54. The molecule has 0 aromatic rings. The quantitative estimate of drug-likeness (QED) is 0.743.